The summed E-state index contributed by atoms with van der Waals surface area (Å²) in [5.74, 6) is 1.55. The van der Waals surface area contributed by atoms with Crippen molar-refractivity contribution >= 4 is 17.9 Å². The van der Waals surface area contributed by atoms with Crippen LogP contribution in [0.5, 0.6) is 0 Å². The van der Waals surface area contributed by atoms with Gasteiger partial charge in [-0.2, -0.15) is 0 Å². The molecule has 0 spiro atoms. The summed E-state index contributed by atoms with van der Waals surface area (Å²) in [5.41, 5.74) is 0. The van der Waals surface area contributed by atoms with E-state index in [0.29, 0.717) is 19.3 Å². The number of esters is 3. The van der Waals surface area contributed by atoms with Crippen LogP contribution in [0.1, 0.15) is 221 Å². The van der Waals surface area contributed by atoms with Gasteiger partial charge in [-0.3, -0.25) is 14.4 Å². The van der Waals surface area contributed by atoms with Crippen LogP contribution in [-0.4, -0.2) is 37.2 Å². The zero-order valence-corrected chi connectivity index (χ0v) is 33.5. The van der Waals surface area contributed by atoms with E-state index in [-0.39, 0.29) is 31.1 Å². The Balaban J connectivity index is 4.37. The number of hydrogen-bond donors (Lipinski definition) is 0. The molecule has 6 nitrogen and oxygen atoms in total. The summed E-state index contributed by atoms with van der Waals surface area (Å²) < 4.78 is 16.6. The summed E-state index contributed by atoms with van der Waals surface area (Å²) in [6, 6.07) is 0. The Hall–Kier alpha value is -1.59. The standard InChI is InChI=1S/C43H82O6/c1-7-38(5)30-24-18-11-9-10-12-20-26-32-41(44)47-35-40(36-48-42(45)33-27-21-15-13-17-23-29-37(3)4)49-43(46)34-28-22-16-14-19-25-31-39(6)8-2/h37-40H,7-36H2,1-6H3/t38?,39?,40-/m1/s1. The van der Waals surface area contributed by atoms with Gasteiger partial charge in [0.05, 0.1) is 0 Å². The molecule has 290 valence electrons. The lowest BCUT2D eigenvalue weighted by atomic mass is 9.99. The van der Waals surface area contributed by atoms with Crippen molar-refractivity contribution in [3.8, 4) is 0 Å². The van der Waals surface area contributed by atoms with Crippen LogP contribution in [0.4, 0.5) is 0 Å². The first-order chi connectivity index (χ1) is 23.7. The molecule has 0 bridgehead atoms. The first-order valence-corrected chi connectivity index (χ1v) is 21.2. The third-order valence-corrected chi connectivity index (χ3v) is 10.1. The van der Waals surface area contributed by atoms with Gasteiger partial charge >= 0.3 is 17.9 Å². The minimum absolute atomic E-state index is 0.0684. The summed E-state index contributed by atoms with van der Waals surface area (Å²) >= 11 is 0. The van der Waals surface area contributed by atoms with E-state index in [1.165, 1.54) is 103 Å². The van der Waals surface area contributed by atoms with Crippen molar-refractivity contribution in [2.24, 2.45) is 17.8 Å². The highest BCUT2D eigenvalue weighted by molar-refractivity contribution is 5.71. The predicted octanol–water partition coefficient (Wildman–Crippen LogP) is 12.9. The maximum Gasteiger partial charge on any atom is 0.306 e. The molecule has 2 unspecified atom stereocenters. The fourth-order valence-electron chi connectivity index (χ4n) is 6.11. The summed E-state index contributed by atoms with van der Waals surface area (Å²) in [5, 5.41) is 0. The molecular weight excluding hydrogens is 612 g/mol. The zero-order chi connectivity index (χ0) is 36.4. The van der Waals surface area contributed by atoms with E-state index in [1.807, 2.05) is 0 Å². The van der Waals surface area contributed by atoms with Crippen LogP contribution in [0.15, 0.2) is 0 Å². The number of rotatable bonds is 36. The molecule has 0 radical (unpaired) electrons. The molecule has 0 aliphatic rings. The molecule has 0 aliphatic carbocycles. The smallest absolute Gasteiger partial charge is 0.306 e. The first-order valence-electron chi connectivity index (χ1n) is 21.2. The Morgan fingerprint density at radius 2 is 0.714 bits per heavy atom. The van der Waals surface area contributed by atoms with Crippen molar-refractivity contribution in [3.63, 3.8) is 0 Å². The van der Waals surface area contributed by atoms with E-state index in [0.717, 1.165) is 75.5 Å². The van der Waals surface area contributed by atoms with Gasteiger partial charge in [-0.1, -0.05) is 183 Å². The van der Waals surface area contributed by atoms with Gasteiger partial charge in [0.25, 0.3) is 0 Å². The van der Waals surface area contributed by atoms with Gasteiger partial charge in [-0.05, 0) is 37.0 Å². The van der Waals surface area contributed by atoms with E-state index in [2.05, 4.69) is 41.5 Å². The number of carbonyl (C=O) groups excluding carboxylic acids is 3. The number of hydrogen-bond acceptors (Lipinski definition) is 6. The lowest BCUT2D eigenvalue weighted by molar-refractivity contribution is -0.167. The summed E-state index contributed by atoms with van der Waals surface area (Å²) in [4.78, 5) is 37.5. The highest BCUT2D eigenvalue weighted by Gasteiger charge is 2.19. The molecular formula is C43H82O6. The summed E-state index contributed by atoms with van der Waals surface area (Å²) in [7, 11) is 0. The predicted molar refractivity (Wildman–Crippen MR) is 206 cm³/mol. The molecule has 0 N–H and O–H groups in total. The molecule has 3 atom stereocenters. The largest absolute Gasteiger partial charge is 0.462 e. The zero-order valence-electron chi connectivity index (χ0n) is 33.5. The average molecular weight is 695 g/mol. The van der Waals surface area contributed by atoms with Crippen LogP contribution in [-0.2, 0) is 28.6 Å². The molecule has 0 heterocycles. The van der Waals surface area contributed by atoms with E-state index >= 15 is 0 Å². The van der Waals surface area contributed by atoms with E-state index in [9.17, 15) is 14.4 Å². The summed E-state index contributed by atoms with van der Waals surface area (Å²) in [6.07, 6.45) is 29.6. The molecule has 0 aromatic carbocycles. The highest BCUT2D eigenvalue weighted by Crippen LogP contribution is 2.17. The molecule has 0 aliphatic heterocycles. The SMILES string of the molecule is CCC(C)CCCCCCCCCCC(=O)OC[C@H](COC(=O)CCCCCCCCC(C)C)OC(=O)CCCCCCCCC(C)CC. The second-order valence-corrected chi connectivity index (χ2v) is 15.6. The molecule has 0 aromatic heterocycles. The number of carbonyl (C=O) groups is 3. The lowest BCUT2D eigenvalue weighted by Crippen LogP contribution is -2.30. The topological polar surface area (TPSA) is 78.9 Å². The van der Waals surface area contributed by atoms with Crippen LogP contribution >= 0.6 is 0 Å². The fourth-order valence-corrected chi connectivity index (χ4v) is 6.11. The quantitative estimate of drug-likeness (QED) is 0.0369. The van der Waals surface area contributed by atoms with Crippen LogP contribution in [0.3, 0.4) is 0 Å². The first kappa shape index (κ1) is 47.4. The Labute approximate surface area is 304 Å². The van der Waals surface area contributed by atoms with E-state index in [1.54, 1.807) is 0 Å². The second-order valence-electron chi connectivity index (χ2n) is 15.6. The van der Waals surface area contributed by atoms with Gasteiger partial charge in [-0.25, -0.2) is 0 Å². The maximum atomic E-state index is 12.6. The van der Waals surface area contributed by atoms with Gasteiger partial charge in [0.15, 0.2) is 6.10 Å². The van der Waals surface area contributed by atoms with Gasteiger partial charge in [0.1, 0.15) is 13.2 Å². The lowest BCUT2D eigenvalue weighted by Gasteiger charge is -2.18. The van der Waals surface area contributed by atoms with Crippen molar-refractivity contribution in [1.82, 2.24) is 0 Å². The highest BCUT2D eigenvalue weighted by atomic mass is 16.6. The molecule has 0 fully saturated rings. The molecule has 6 heteroatoms. The molecule has 0 amide bonds. The van der Waals surface area contributed by atoms with Crippen molar-refractivity contribution in [3.05, 3.63) is 0 Å². The second kappa shape index (κ2) is 34.8. The summed E-state index contributed by atoms with van der Waals surface area (Å²) in [6.45, 7) is 13.6. The normalized spacial score (nSPS) is 13.3. The number of unbranched alkanes of at least 4 members (excludes halogenated alkanes) is 17. The van der Waals surface area contributed by atoms with E-state index in [4.69, 9.17) is 14.2 Å². The Bertz CT molecular complexity index is 765. The molecule has 0 rings (SSSR count). The minimum atomic E-state index is -0.762. The van der Waals surface area contributed by atoms with Crippen molar-refractivity contribution in [2.75, 3.05) is 13.2 Å². The number of ether oxygens (including phenoxy) is 3. The molecule has 49 heavy (non-hydrogen) atoms. The third-order valence-electron chi connectivity index (χ3n) is 10.1. The Morgan fingerprint density at radius 3 is 1.06 bits per heavy atom. The molecule has 0 saturated heterocycles. The molecule has 0 saturated carbocycles. The van der Waals surface area contributed by atoms with Crippen LogP contribution in [0.25, 0.3) is 0 Å². The average Bonchev–Trinajstić information content (AvgIpc) is 3.08. The van der Waals surface area contributed by atoms with Gasteiger partial charge in [0.2, 0.25) is 0 Å². The van der Waals surface area contributed by atoms with Gasteiger partial charge in [0, 0.05) is 19.3 Å². The van der Waals surface area contributed by atoms with Crippen molar-refractivity contribution in [1.29, 1.82) is 0 Å². The monoisotopic (exact) mass is 695 g/mol. The van der Waals surface area contributed by atoms with Crippen LogP contribution < -0.4 is 0 Å². The molecule has 0 aromatic rings. The fraction of sp³-hybridized carbons (Fsp3) is 0.930. The van der Waals surface area contributed by atoms with Gasteiger partial charge in [-0.15, -0.1) is 0 Å². The van der Waals surface area contributed by atoms with Crippen LogP contribution in [0.2, 0.25) is 0 Å². The Morgan fingerprint density at radius 1 is 0.408 bits per heavy atom. The third kappa shape index (κ3) is 34.6. The maximum absolute atomic E-state index is 12.6. The van der Waals surface area contributed by atoms with Crippen molar-refractivity contribution < 1.29 is 28.6 Å². The van der Waals surface area contributed by atoms with Crippen LogP contribution in [0, 0.1) is 17.8 Å². The minimum Gasteiger partial charge on any atom is -0.462 e. The van der Waals surface area contributed by atoms with Gasteiger partial charge < -0.3 is 14.2 Å². The Kier molecular flexibility index (Phi) is 33.7. The van der Waals surface area contributed by atoms with Crippen molar-refractivity contribution in [2.45, 2.75) is 227 Å². The van der Waals surface area contributed by atoms with E-state index < -0.39 is 6.10 Å².